The predicted octanol–water partition coefficient (Wildman–Crippen LogP) is 2.12. The number of nitrogens with zero attached hydrogens (tertiary/aromatic N) is 2. The number of rotatable bonds is 3. The van der Waals surface area contributed by atoms with E-state index in [1.165, 1.54) is 37.9 Å². The Morgan fingerprint density at radius 1 is 0.962 bits per heavy atom. The van der Waals surface area contributed by atoms with Gasteiger partial charge >= 0.3 is 0 Å². The minimum absolute atomic E-state index is 0.136. The van der Waals surface area contributed by atoms with Gasteiger partial charge in [-0.1, -0.05) is 6.07 Å². The van der Waals surface area contributed by atoms with Crippen molar-refractivity contribution in [2.45, 2.75) is 44.4 Å². The molecule has 3 fully saturated rings. The molecule has 0 amide bonds. The van der Waals surface area contributed by atoms with E-state index >= 15 is 0 Å². The van der Waals surface area contributed by atoms with E-state index in [1.54, 1.807) is 0 Å². The summed E-state index contributed by atoms with van der Waals surface area (Å²) in [5, 5.41) is 10.7. The molecule has 3 heterocycles. The van der Waals surface area contributed by atoms with Crippen molar-refractivity contribution in [1.29, 1.82) is 0 Å². The van der Waals surface area contributed by atoms with Gasteiger partial charge in [-0.05, 0) is 68.3 Å². The van der Waals surface area contributed by atoms with Gasteiger partial charge in [-0.15, -0.1) is 0 Å². The molecule has 0 radical (unpaired) electrons. The summed E-state index contributed by atoms with van der Waals surface area (Å²) in [5.74, 6) is 3.14. The maximum atomic E-state index is 10.7. The lowest BCUT2D eigenvalue weighted by atomic mass is 9.77. The first-order valence-corrected chi connectivity index (χ1v) is 10.3. The maximum absolute atomic E-state index is 10.7. The van der Waals surface area contributed by atoms with Gasteiger partial charge in [-0.3, -0.25) is 9.80 Å². The van der Waals surface area contributed by atoms with Crippen molar-refractivity contribution < 1.29 is 14.6 Å². The molecule has 5 rings (SSSR count). The Kier molecular flexibility index (Phi) is 4.55. The average molecular weight is 358 g/mol. The molecule has 1 aromatic rings. The summed E-state index contributed by atoms with van der Waals surface area (Å²) >= 11 is 0. The van der Waals surface area contributed by atoms with Crippen LogP contribution in [-0.2, 0) is 6.54 Å². The number of aliphatic hydroxyl groups is 1. The van der Waals surface area contributed by atoms with E-state index in [0.717, 1.165) is 43.5 Å². The Labute approximate surface area is 155 Å². The van der Waals surface area contributed by atoms with Crippen LogP contribution < -0.4 is 9.47 Å². The molecule has 0 spiro atoms. The lowest BCUT2D eigenvalue weighted by Gasteiger charge is -2.40. The van der Waals surface area contributed by atoms with Crippen molar-refractivity contribution in [2.75, 3.05) is 39.4 Å². The van der Waals surface area contributed by atoms with E-state index in [-0.39, 0.29) is 6.10 Å². The number of ether oxygens (including phenoxy) is 2. The number of benzene rings is 1. The van der Waals surface area contributed by atoms with Gasteiger partial charge in [0.15, 0.2) is 11.5 Å². The minimum Gasteiger partial charge on any atom is -0.486 e. The summed E-state index contributed by atoms with van der Waals surface area (Å²) in [6, 6.07) is 6.74. The second kappa shape index (κ2) is 7.02. The van der Waals surface area contributed by atoms with Crippen molar-refractivity contribution >= 4 is 0 Å². The third kappa shape index (κ3) is 3.21. The summed E-state index contributed by atoms with van der Waals surface area (Å²) in [7, 11) is 0. The van der Waals surface area contributed by atoms with Crippen LogP contribution in [0.4, 0.5) is 0 Å². The topological polar surface area (TPSA) is 45.2 Å². The van der Waals surface area contributed by atoms with Gasteiger partial charge in [0.1, 0.15) is 13.2 Å². The fraction of sp³-hybridized carbons (Fsp3) is 0.714. The summed E-state index contributed by atoms with van der Waals surface area (Å²) in [4.78, 5) is 5.12. The van der Waals surface area contributed by atoms with Crippen molar-refractivity contribution in [2.24, 2.45) is 11.8 Å². The van der Waals surface area contributed by atoms with E-state index in [0.29, 0.717) is 25.2 Å². The third-order valence-electron chi connectivity index (χ3n) is 6.81. The molecule has 142 valence electrons. The number of hydrogen-bond donors (Lipinski definition) is 1. The van der Waals surface area contributed by atoms with Crippen molar-refractivity contribution in [3.05, 3.63) is 23.8 Å². The van der Waals surface area contributed by atoms with Crippen LogP contribution in [0.25, 0.3) is 0 Å². The molecule has 5 heteroatoms. The van der Waals surface area contributed by atoms with E-state index in [1.807, 2.05) is 6.07 Å². The molecular formula is C21H30N2O3. The monoisotopic (exact) mass is 358 g/mol. The molecule has 5 nitrogen and oxygen atoms in total. The molecule has 1 saturated carbocycles. The van der Waals surface area contributed by atoms with Gasteiger partial charge in [0.2, 0.25) is 0 Å². The van der Waals surface area contributed by atoms with Gasteiger partial charge in [0, 0.05) is 25.7 Å². The SMILES string of the molecule is O[C@@H]1C[C@H]2CN(Cc3ccc4c(c3)OCCO4)C[C@H]2C[C@H]1N1CCCC1. The summed E-state index contributed by atoms with van der Waals surface area (Å²) in [5.41, 5.74) is 1.30. The van der Waals surface area contributed by atoms with Crippen LogP contribution >= 0.6 is 0 Å². The Balaban J connectivity index is 1.23. The van der Waals surface area contributed by atoms with Crippen LogP contribution in [0.2, 0.25) is 0 Å². The number of hydrogen-bond acceptors (Lipinski definition) is 5. The highest BCUT2D eigenvalue weighted by molar-refractivity contribution is 5.43. The average Bonchev–Trinajstić information content (AvgIpc) is 3.30. The zero-order valence-electron chi connectivity index (χ0n) is 15.5. The Morgan fingerprint density at radius 2 is 1.69 bits per heavy atom. The molecule has 4 aliphatic rings. The first-order valence-electron chi connectivity index (χ1n) is 10.3. The number of aliphatic hydroxyl groups excluding tert-OH is 1. The first kappa shape index (κ1) is 16.8. The second-order valence-corrected chi connectivity index (χ2v) is 8.54. The summed E-state index contributed by atoms with van der Waals surface area (Å²) in [6.45, 7) is 6.88. The zero-order chi connectivity index (χ0) is 17.5. The van der Waals surface area contributed by atoms with Gasteiger partial charge in [0.05, 0.1) is 6.10 Å². The van der Waals surface area contributed by atoms with Gasteiger partial charge in [-0.2, -0.15) is 0 Å². The minimum atomic E-state index is -0.136. The zero-order valence-corrected chi connectivity index (χ0v) is 15.5. The van der Waals surface area contributed by atoms with Crippen LogP contribution in [0.15, 0.2) is 18.2 Å². The van der Waals surface area contributed by atoms with Crippen LogP contribution in [-0.4, -0.2) is 66.4 Å². The predicted molar refractivity (Wildman–Crippen MR) is 99.5 cm³/mol. The van der Waals surface area contributed by atoms with E-state index in [2.05, 4.69) is 21.9 Å². The molecule has 0 unspecified atom stereocenters. The molecule has 0 bridgehead atoms. The lowest BCUT2D eigenvalue weighted by molar-refractivity contribution is -0.000861. The number of fused-ring (bicyclic) bond motifs is 2. The normalized spacial score (nSPS) is 34.8. The lowest BCUT2D eigenvalue weighted by Crippen LogP contribution is -2.48. The first-order chi connectivity index (χ1) is 12.8. The quantitative estimate of drug-likeness (QED) is 0.897. The molecule has 1 N–H and O–H groups in total. The third-order valence-corrected chi connectivity index (χ3v) is 6.81. The van der Waals surface area contributed by atoms with Crippen LogP contribution in [0.5, 0.6) is 11.5 Å². The molecule has 26 heavy (non-hydrogen) atoms. The van der Waals surface area contributed by atoms with E-state index < -0.39 is 0 Å². The van der Waals surface area contributed by atoms with E-state index in [9.17, 15) is 5.11 Å². The molecule has 4 atom stereocenters. The van der Waals surface area contributed by atoms with Crippen LogP contribution in [0, 0.1) is 11.8 Å². The Morgan fingerprint density at radius 3 is 2.50 bits per heavy atom. The molecular weight excluding hydrogens is 328 g/mol. The fourth-order valence-corrected chi connectivity index (χ4v) is 5.54. The summed E-state index contributed by atoms with van der Waals surface area (Å²) in [6.07, 6.45) is 4.61. The highest BCUT2D eigenvalue weighted by atomic mass is 16.6. The second-order valence-electron chi connectivity index (χ2n) is 8.54. The van der Waals surface area contributed by atoms with Crippen molar-refractivity contribution in [3.8, 4) is 11.5 Å². The van der Waals surface area contributed by atoms with Crippen LogP contribution in [0.1, 0.15) is 31.2 Å². The highest BCUT2D eigenvalue weighted by Gasteiger charge is 2.43. The Bertz CT molecular complexity index is 646. The van der Waals surface area contributed by atoms with E-state index in [4.69, 9.17) is 9.47 Å². The van der Waals surface area contributed by atoms with Crippen molar-refractivity contribution in [3.63, 3.8) is 0 Å². The van der Waals surface area contributed by atoms with Gasteiger partial charge in [0.25, 0.3) is 0 Å². The summed E-state index contributed by atoms with van der Waals surface area (Å²) < 4.78 is 11.4. The highest BCUT2D eigenvalue weighted by Crippen LogP contribution is 2.40. The standard InChI is InChI=1S/C21H30N2O3/c24-19-11-17-14-22(13-16(17)10-18(19)23-5-1-2-6-23)12-15-3-4-20-21(9-15)26-8-7-25-20/h3-4,9,16-19,24H,1-2,5-8,10-14H2/t16-,17+,18-,19-/m1/s1. The number of likely N-dealkylation sites (tertiary alicyclic amines) is 2. The Hall–Kier alpha value is -1.30. The molecule has 1 aromatic carbocycles. The van der Waals surface area contributed by atoms with Gasteiger partial charge in [-0.25, -0.2) is 0 Å². The molecule has 1 aliphatic carbocycles. The van der Waals surface area contributed by atoms with Crippen molar-refractivity contribution in [1.82, 2.24) is 9.80 Å². The molecule has 2 saturated heterocycles. The largest absolute Gasteiger partial charge is 0.486 e. The van der Waals surface area contributed by atoms with Gasteiger partial charge < -0.3 is 14.6 Å². The maximum Gasteiger partial charge on any atom is 0.161 e. The smallest absolute Gasteiger partial charge is 0.161 e. The molecule has 0 aromatic heterocycles. The van der Waals surface area contributed by atoms with Crippen LogP contribution in [0.3, 0.4) is 0 Å². The fourth-order valence-electron chi connectivity index (χ4n) is 5.54. The molecule has 3 aliphatic heterocycles.